The maximum Gasteiger partial charge on any atom is 0.390 e. The maximum absolute atomic E-state index is 12.0. The van der Waals surface area contributed by atoms with Crippen molar-refractivity contribution in [3.05, 3.63) is 0 Å². The van der Waals surface area contributed by atoms with Gasteiger partial charge in [0.25, 0.3) is 0 Å². The maximum atomic E-state index is 12.0. The van der Waals surface area contributed by atoms with Crippen LogP contribution in [0.4, 0.5) is 13.2 Å². The highest BCUT2D eigenvalue weighted by molar-refractivity contribution is 5.78. The lowest BCUT2D eigenvalue weighted by atomic mass is 10.0. The quantitative estimate of drug-likeness (QED) is 0.721. The Morgan fingerprint density at radius 2 is 1.94 bits per heavy atom. The van der Waals surface area contributed by atoms with Crippen molar-refractivity contribution >= 4 is 5.97 Å². The number of carboxylic acids is 1. The van der Waals surface area contributed by atoms with E-state index in [1.807, 2.05) is 0 Å². The van der Waals surface area contributed by atoms with Gasteiger partial charge >= 0.3 is 12.1 Å². The van der Waals surface area contributed by atoms with Gasteiger partial charge in [-0.05, 0) is 20.5 Å². The van der Waals surface area contributed by atoms with E-state index >= 15 is 0 Å². The molecule has 0 rings (SSSR count). The highest BCUT2D eigenvalue weighted by Gasteiger charge is 2.34. The molecule has 0 amide bonds. The van der Waals surface area contributed by atoms with Gasteiger partial charge in [0.2, 0.25) is 0 Å². The van der Waals surface area contributed by atoms with E-state index in [9.17, 15) is 18.0 Å². The molecule has 102 valence electrons. The molecule has 0 aromatic heterocycles. The Morgan fingerprint density at radius 3 is 2.29 bits per heavy atom. The van der Waals surface area contributed by atoms with Crippen molar-refractivity contribution in [2.24, 2.45) is 0 Å². The number of carboxylic acid groups (broad SMARTS) is 1. The molecule has 0 aromatic rings. The van der Waals surface area contributed by atoms with Crippen LogP contribution in [-0.2, 0) is 4.79 Å². The van der Waals surface area contributed by atoms with Crippen molar-refractivity contribution in [1.82, 2.24) is 10.2 Å². The molecule has 1 unspecified atom stereocenters. The number of alkyl halides is 3. The van der Waals surface area contributed by atoms with Gasteiger partial charge in [-0.3, -0.25) is 4.79 Å². The molecule has 17 heavy (non-hydrogen) atoms. The third-order valence-electron chi connectivity index (χ3n) is 2.40. The standard InChI is InChI=1S/C10H19F3N2O2/c1-4-14-9(2,8(16)17)7-15(3)6-5-10(11,12)13/h14H,4-7H2,1-3H3,(H,16,17). The second-order valence-electron chi connectivity index (χ2n) is 4.27. The molecule has 0 saturated carbocycles. The minimum absolute atomic E-state index is 0.0201. The van der Waals surface area contributed by atoms with Crippen LogP contribution in [0.3, 0.4) is 0 Å². The minimum Gasteiger partial charge on any atom is -0.480 e. The molecule has 0 saturated heterocycles. The van der Waals surface area contributed by atoms with Gasteiger partial charge in [0.05, 0.1) is 6.42 Å². The summed E-state index contributed by atoms with van der Waals surface area (Å²) in [7, 11) is 1.48. The molecule has 7 heteroatoms. The van der Waals surface area contributed by atoms with E-state index in [2.05, 4.69) is 5.32 Å². The van der Waals surface area contributed by atoms with E-state index < -0.39 is 24.1 Å². The molecule has 0 heterocycles. The summed E-state index contributed by atoms with van der Waals surface area (Å²) in [5.41, 5.74) is -1.23. The van der Waals surface area contributed by atoms with Crippen molar-refractivity contribution in [2.75, 3.05) is 26.7 Å². The summed E-state index contributed by atoms with van der Waals surface area (Å²) in [5, 5.41) is 11.8. The van der Waals surface area contributed by atoms with Crippen LogP contribution in [-0.4, -0.2) is 54.4 Å². The molecule has 0 radical (unpaired) electrons. The molecule has 4 nitrogen and oxygen atoms in total. The number of halogens is 3. The lowest BCUT2D eigenvalue weighted by Gasteiger charge is -2.30. The van der Waals surface area contributed by atoms with Crippen molar-refractivity contribution in [1.29, 1.82) is 0 Å². The van der Waals surface area contributed by atoms with E-state index in [1.165, 1.54) is 18.9 Å². The van der Waals surface area contributed by atoms with E-state index in [1.54, 1.807) is 6.92 Å². The van der Waals surface area contributed by atoms with Gasteiger partial charge in [0.15, 0.2) is 0 Å². The Balaban J connectivity index is 4.32. The number of rotatable bonds is 7. The Bertz CT molecular complexity index is 258. The highest BCUT2D eigenvalue weighted by Crippen LogP contribution is 2.19. The molecule has 0 fully saturated rings. The van der Waals surface area contributed by atoms with Crippen LogP contribution in [0.15, 0.2) is 0 Å². The minimum atomic E-state index is -4.22. The molecular weight excluding hydrogens is 237 g/mol. The van der Waals surface area contributed by atoms with Gasteiger partial charge in [0, 0.05) is 13.1 Å². The number of aliphatic carboxylic acids is 1. The smallest absolute Gasteiger partial charge is 0.390 e. The first-order chi connectivity index (χ1) is 7.60. The first-order valence-electron chi connectivity index (χ1n) is 5.34. The third-order valence-corrected chi connectivity index (χ3v) is 2.40. The summed E-state index contributed by atoms with van der Waals surface area (Å²) in [5.74, 6) is -1.07. The van der Waals surface area contributed by atoms with Gasteiger partial charge in [-0.1, -0.05) is 6.92 Å². The topological polar surface area (TPSA) is 52.6 Å². The van der Waals surface area contributed by atoms with Gasteiger partial charge in [-0.2, -0.15) is 13.2 Å². The SMILES string of the molecule is CCNC(C)(CN(C)CCC(F)(F)F)C(=O)O. The van der Waals surface area contributed by atoms with Crippen LogP contribution in [0.2, 0.25) is 0 Å². The van der Waals surface area contributed by atoms with Gasteiger partial charge in [-0.25, -0.2) is 0 Å². The molecule has 0 aliphatic rings. The van der Waals surface area contributed by atoms with E-state index in [-0.39, 0.29) is 13.1 Å². The molecule has 0 bridgehead atoms. The molecule has 2 N–H and O–H groups in total. The van der Waals surface area contributed by atoms with E-state index in [0.29, 0.717) is 6.54 Å². The van der Waals surface area contributed by atoms with Crippen molar-refractivity contribution in [3.63, 3.8) is 0 Å². The second kappa shape index (κ2) is 6.20. The zero-order valence-corrected chi connectivity index (χ0v) is 10.3. The van der Waals surface area contributed by atoms with Crippen LogP contribution in [0.5, 0.6) is 0 Å². The third kappa shape index (κ3) is 6.48. The molecule has 0 aliphatic carbocycles. The number of likely N-dealkylation sites (N-methyl/N-ethyl adjacent to an activating group) is 2. The Hall–Kier alpha value is -0.820. The average molecular weight is 256 g/mol. The summed E-state index contributed by atoms with van der Waals surface area (Å²) in [6, 6.07) is 0. The first-order valence-corrected chi connectivity index (χ1v) is 5.34. The predicted octanol–water partition coefficient (Wildman–Crippen LogP) is 1.32. The number of hydrogen-bond donors (Lipinski definition) is 2. The molecule has 1 atom stereocenters. The lowest BCUT2D eigenvalue weighted by molar-refractivity contribution is -0.146. The van der Waals surface area contributed by atoms with E-state index in [0.717, 1.165) is 0 Å². The predicted molar refractivity (Wildman–Crippen MR) is 57.9 cm³/mol. The molecular formula is C10H19F3N2O2. The van der Waals surface area contributed by atoms with Crippen molar-refractivity contribution < 1.29 is 23.1 Å². The lowest BCUT2D eigenvalue weighted by Crippen LogP contribution is -2.56. The van der Waals surface area contributed by atoms with Crippen LogP contribution in [0, 0.1) is 0 Å². The Kier molecular flexibility index (Phi) is 5.91. The normalized spacial score (nSPS) is 15.9. The number of nitrogens with zero attached hydrogens (tertiary/aromatic N) is 1. The van der Waals surface area contributed by atoms with Gasteiger partial charge in [0.1, 0.15) is 5.54 Å². The fourth-order valence-corrected chi connectivity index (χ4v) is 1.53. The molecule has 0 aliphatic heterocycles. The summed E-state index contributed by atoms with van der Waals surface area (Å²) >= 11 is 0. The van der Waals surface area contributed by atoms with Gasteiger partial charge in [-0.15, -0.1) is 0 Å². The van der Waals surface area contributed by atoms with Gasteiger partial charge < -0.3 is 15.3 Å². The fourth-order valence-electron chi connectivity index (χ4n) is 1.53. The van der Waals surface area contributed by atoms with Crippen molar-refractivity contribution in [2.45, 2.75) is 32.0 Å². The summed E-state index contributed by atoms with van der Waals surface area (Å²) in [4.78, 5) is 12.4. The van der Waals surface area contributed by atoms with E-state index in [4.69, 9.17) is 5.11 Å². The Labute approximate surface area is 98.8 Å². The van der Waals surface area contributed by atoms with Crippen LogP contribution >= 0.6 is 0 Å². The Morgan fingerprint density at radius 1 is 1.41 bits per heavy atom. The highest BCUT2D eigenvalue weighted by atomic mass is 19.4. The number of nitrogens with one attached hydrogen (secondary N) is 1. The number of hydrogen-bond acceptors (Lipinski definition) is 3. The zero-order chi connectivity index (χ0) is 13.7. The largest absolute Gasteiger partial charge is 0.480 e. The summed E-state index contributed by atoms with van der Waals surface area (Å²) in [6.45, 7) is 3.46. The van der Waals surface area contributed by atoms with Crippen LogP contribution in [0.1, 0.15) is 20.3 Å². The second-order valence-corrected chi connectivity index (χ2v) is 4.27. The molecule has 0 aromatic carbocycles. The fraction of sp³-hybridized carbons (Fsp3) is 0.900. The first kappa shape index (κ1) is 16.2. The van der Waals surface area contributed by atoms with Crippen LogP contribution < -0.4 is 5.32 Å². The monoisotopic (exact) mass is 256 g/mol. The number of carbonyl (C=O) groups is 1. The summed E-state index contributed by atoms with van der Waals surface area (Å²) < 4.78 is 36.0. The average Bonchev–Trinajstić information content (AvgIpc) is 2.13. The summed E-state index contributed by atoms with van der Waals surface area (Å²) in [6.07, 6.45) is -5.16. The van der Waals surface area contributed by atoms with Crippen molar-refractivity contribution in [3.8, 4) is 0 Å². The zero-order valence-electron chi connectivity index (χ0n) is 10.3. The van der Waals surface area contributed by atoms with Crippen LogP contribution in [0.25, 0.3) is 0 Å². The molecule has 0 spiro atoms.